The lowest BCUT2D eigenvalue weighted by Gasteiger charge is -2.19. The Balaban J connectivity index is 1.58. The van der Waals surface area contributed by atoms with Crippen molar-refractivity contribution in [2.24, 2.45) is 0 Å². The molecule has 3 aliphatic heterocycles. The molecule has 2 aromatic carbocycles. The van der Waals surface area contributed by atoms with E-state index in [1.807, 2.05) is 30.3 Å². The largest absolute Gasteiger partial charge is 0.480 e. The molecule has 47 heavy (non-hydrogen) atoms. The number of fused-ring (bicyclic) bond motifs is 2. The Morgan fingerprint density at radius 2 is 1.68 bits per heavy atom. The molecule has 0 unspecified atom stereocenters. The van der Waals surface area contributed by atoms with Gasteiger partial charge in [0.05, 0.1) is 17.8 Å². The Morgan fingerprint density at radius 1 is 0.979 bits per heavy atom. The van der Waals surface area contributed by atoms with Crippen molar-refractivity contribution in [1.82, 2.24) is 9.47 Å². The maximum absolute atomic E-state index is 13.9. The lowest BCUT2D eigenvalue weighted by Crippen LogP contribution is -2.37. The summed E-state index contributed by atoms with van der Waals surface area (Å²) in [7, 11) is 1.26. The first-order valence-electron chi connectivity index (χ1n) is 13.7. The number of carbonyl (C=O) groups excluding carboxylic acids is 2. The molecule has 0 spiro atoms. The summed E-state index contributed by atoms with van der Waals surface area (Å²) in [6.45, 7) is -1.71. The van der Waals surface area contributed by atoms with E-state index in [0.717, 1.165) is 19.9 Å². The number of carboxylic acid groups (broad SMARTS) is 2. The van der Waals surface area contributed by atoms with Gasteiger partial charge < -0.3 is 33.7 Å². The smallest absolute Gasteiger partial charge is 0.325 e. The molecule has 1 aromatic heterocycles. The third-order valence-corrected chi connectivity index (χ3v) is 9.59. The van der Waals surface area contributed by atoms with Crippen molar-refractivity contribution in [3.8, 4) is 11.5 Å². The number of benzene rings is 2. The summed E-state index contributed by atoms with van der Waals surface area (Å²) in [5, 5.41) is 19.4. The van der Waals surface area contributed by atoms with Crippen LogP contribution < -0.4 is 30.9 Å². The minimum atomic E-state index is -1.38. The molecule has 0 saturated carbocycles. The van der Waals surface area contributed by atoms with E-state index >= 15 is 0 Å². The summed E-state index contributed by atoms with van der Waals surface area (Å²) in [6.07, 6.45) is 1.78. The van der Waals surface area contributed by atoms with Crippen LogP contribution in [0.1, 0.15) is 5.56 Å². The normalized spacial score (nSPS) is 17.8. The number of hydrogen-bond acceptors (Lipinski definition) is 13. The Kier molecular flexibility index (Phi) is 8.85. The lowest BCUT2D eigenvalue weighted by atomic mass is 10.1. The minimum absolute atomic E-state index is 0.0552. The standard InChI is InChI=1S/C30H23N3O11S3/c1-41-24(38)13-31-17-9-18-19(43-14-42-18)10-20(17)46-21(31)8-16(7-15-5-3-2-4-6-15)25-27(39)32(11-22(34)35)29(44-25)26-28(40)33(12-23(36)37)30(45)47-26/h2-6,8-10H,7,11-14H2,1H3,(H,34,35)(H,36,37)/b21-8-,25-16+,29-26-. The topological polar surface area (TPSA) is 178 Å². The first-order valence-corrected chi connectivity index (χ1v) is 15.7. The number of ether oxygens (including phenoxy) is 3. The summed E-state index contributed by atoms with van der Waals surface area (Å²) in [5.74, 6) is -3.05. The van der Waals surface area contributed by atoms with Crippen LogP contribution in [0.15, 0.2) is 67.7 Å². The Hall–Kier alpha value is -5.00. The van der Waals surface area contributed by atoms with E-state index in [-0.39, 0.29) is 39.9 Å². The van der Waals surface area contributed by atoms with Crippen molar-refractivity contribution in [2.45, 2.75) is 17.9 Å². The van der Waals surface area contributed by atoms with Crippen LogP contribution in [0.2, 0.25) is 0 Å². The minimum Gasteiger partial charge on any atom is -0.480 e. The van der Waals surface area contributed by atoms with Crippen molar-refractivity contribution in [2.75, 3.05) is 31.9 Å². The quantitative estimate of drug-likeness (QED) is 0.242. The average Bonchev–Trinajstić information content (AvgIpc) is 3.78. The molecule has 6 rings (SSSR count). The molecule has 0 atom stereocenters. The van der Waals surface area contributed by atoms with Gasteiger partial charge in [-0.25, -0.2) is 0 Å². The van der Waals surface area contributed by atoms with Crippen LogP contribution in [-0.4, -0.2) is 74.8 Å². The molecule has 3 aromatic rings. The van der Waals surface area contributed by atoms with Gasteiger partial charge in [0.15, 0.2) is 16.9 Å². The van der Waals surface area contributed by atoms with Gasteiger partial charge in [-0.15, -0.1) is 0 Å². The third kappa shape index (κ3) is 6.36. The predicted octanol–water partition coefficient (Wildman–Crippen LogP) is 1.33. The highest BCUT2D eigenvalue weighted by molar-refractivity contribution is 8.30. The molecule has 4 heterocycles. The number of anilines is 1. The fourth-order valence-corrected chi connectivity index (χ4v) is 7.38. The van der Waals surface area contributed by atoms with Crippen LogP contribution in [-0.2, 0) is 36.9 Å². The molecule has 242 valence electrons. The summed E-state index contributed by atoms with van der Waals surface area (Å²) >= 11 is 7.19. The van der Waals surface area contributed by atoms with E-state index in [0.29, 0.717) is 39.6 Å². The number of amides is 1. The monoisotopic (exact) mass is 697 g/mol. The van der Waals surface area contributed by atoms with Crippen LogP contribution in [0.3, 0.4) is 0 Å². The summed E-state index contributed by atoms with van der Waals surface area (Å²) < 4.78 is 22.8. The van der Waals surface area contributed by atoms with Gasteiger partial charge in [0.1, 0.15) is 28.9 Å². The van der Waals surface area contributed by atoms with E-state index in [1.165, 1.54) is 18.9 Å². The van der Waals surface area contributed by atoms with Crippen molar-refractivity contribution in [3.05, 3.63) is 80.4 Å². The number of rotatable bonds is 9. The van der Waals surface area contributed by atoms with Crippen LogP contribution in [0, 0.1) is 0 Å². The number of thioether (sulfide) groups is 2. The fraction of sp³-hybridized carbons (Fsp3) is 0.200. The number of carbonyl (C=O) groups is 4. The number of esters is 1. The van der Waals surface area contributed by atoms with E-state index in [2.05, 4.69) is 0 Å². The molecule has 1 amide bonds. The summed E-state index contributed by atoms with van der Waals surface area (Å²) in [4.78, 5) is 66.0. The zero-order valence-electron chi connectivity index (χ0n) is 24.3. The number of hydrogen-bond donors (Lipinski definition) is 2. The van der Waals surface area contributed by atoms with E-state index in [4.69, 9.17) is 30.8 Å². The second-order valence-corrected chi connectivity index (χ2v) is 12.8. The van der Waals surface area contributed by atoms with Crippen molar-refractivity contribution >= 4 is 80.0 Å². The van der Waals surface area contributed by atoms with Crippen molar-refractivity contribution in [1.29, 1.82) is 0 Å². The zero-order chi connectivity index (χ0) is 33.4. The fourth-order valence-electron chi connectivity index (χ4n) is 4.98. The Labute approximate surface area is 278 Å². The third-order valence-electron chi connectivity index (χ3n) is 7.08. The second-order valence-electron chi connectivity index (χ2n) is 10.1. The first-order chi connectivity index (χ1) is 22.5. The molecule has 1 saturated heterocycles. The number of carboxylic acids is 2. The van der Waals surface area contributed by atoms with Gasteiger partial charge in [-0.3, -0.25) is 33.4 Å². The van der Waals surface area contributed by atoms with Gasteiger partial charge in [-0.2, -0.15) is 0 Å². The van der Waals surface area contributed by atoms with Crippen LogP contribution in [0.5, 0.6) is 11.5 Å². The van der Waals surface area contributed by atoms with Gasteiger partial charge in [0.2, 0.25) is 12.3 Å². The van der Waals surface area contributed by atoms with Gasteiger partial charge in [-0.1, -0.05) is 54.3 Å². The SMILES string of the molecule is COC(=O)CN1/C(=C/C(Cc2ccccc2)=c2/o/c(=C3\SC(=S)N(CC(=O)O)C3=O)n(CC(=O)O)c2=O)Sc2cc3c(cc21)OCO3. The number of aromatic nitrogens is 1. The van der Waals surface area contributed by atoms with Gasteiger partial charge >= 0.3 is 17.9 Å². The summed E-state index contributed by atoms with van der Waals surface area (Å²) in [5.41, 5.74) is 0.238. The molecule has 17 heteroatoms. The van der Waals surface area contributed by atoms with Crippen LogP contribution in [0.25, 0.3) is 10.5 Å². The highest BCUT2D eigenvalue weighted by Gasteiger charge is 2.37. The zero-order valence-corrected chi connectivity index (χ0v) is 26.7. The average molecular weight is 698 g/mol. The highest BCUT2D eigenvalue weighted by Crippen LogP contribution is 2.51. The molecule has 0 aliphatic carbocycles. The van der Waals surface area contributed by atoms with E-state index in [9.17, 15) is 34.2 Å². The lowest BCUT2D eigenvalue weighted by molar-refractivity contribution is -0.140. The number of methoxy groups -OCH3 is 1. The number of oxazole rings is 1. The molecule has 2 N–H and O–H groups in total. The molecular weight excluding hydrogens is 675 g/mol. The van der Waals surface area contributed by atoms with Crippen molar-refractivity contribution < 1.29 is 48.0 Å². The van der Waals surface area contributed by atoms with Gasteiger partial charge in [-0.05, 0) is 23.4 Å². The Morgan fingerprint density at radius 3 is 2.36 bits per heavy atom. The van der Waals surface area contributed by atoms with E-state index < -0.39 is 42.5 Å². The number of thiocarbonyl (C=S) groups is 1. The number of allylic oxidation sites excluding steroid dienone is 1. The highest BCUT2D eigenvalue weighted by atomic mass is 32.2. The first kappa shape index (κ1) is 32.0. The number of nitrogens with zero attached hydrogens (tertiary/aromatic N) is 3. The number of aliphatic carboxylic acids is 2. The molecule has 1 fully saturated rings. The Bertz CT molecular complexity index is 2070. The van der Waals surface area contributed by atoms with Crippen LogP contribution in [0.4, 0.5) is 5.69 Å². The maximum Gasteiger partial charge on any atom is 0.325 e. The summed E-state index contributed by atoms with van der Waals surface area (Å²) in [6, 6.07) is 12.6. The molecule has 14 nitrogen and oxygen atoms in total. The molecular formula is C30H23N3O11S3. The maximum atomic E-state index is 13.9. The molecule has 0 radical (unpaired) electrons. The molecule has 0 bridgehead atoms. The van der Waals surface area contributed by atoms with Gasteiger partial charge in [0.25, 0.3) is 11.5 Å². The predicted molar refractivity (Wildman–Crippen MR) is 172 cm³/mol. The second kappa shape index (κ2) is 13.0. The van der Waals surface area contributed by atoms with Gasteiger partial charge in [0, 0.05) is 29.0 Å². The van der Waals surface area contributed by atoms with Crippen molar-refractivity contribution in [3.63, 3.8) is 0 Å². The molecule has 3 aliphatic rings. The van der Waals surface area contributed by atoms with E-state index in [1.54, 1.807) is 23.1 Å². The van der Waals surface area contributed by atoms with Crippen LogP contribution >= 0.6 is 35.7 Å².